The highest BCUT2D eigenvalue weighted by Crippen LogP contribution is 2.28. The molecule has 1 saturated carbocycles. The van der Waals surface area contributed by atoms with Crippen LogP contribution in [0, 0.1) is 0 Å². The molecule has 0 aromatic rings. The summed E-state index contributed by atoms with van der Waals surface area (Å²) in [7, 11) is 1.94. The van der Waals surface area contributed by atoms with Crippen LogP contribution in [0.1, 0.15) is 38.5 Å². The van der Waals surface area contributed by atoms with Crippen LogP contribution < -0.4 is 10.6 Å². The Morgan fingerprint density at radius 2 is 2.24 bits per heavy atom. The number of hydrogen-bond acceptors (Lipinski definition) is 3. The third-order valence-corrected chi connectivity index (χ3v) is 3.70. The zero-order valence-electron chi connectivity index (χ0n) is 10.9. The minimum absolute atomic E-state index is 0.358. The molecule has 2 fully saturated rings. The van der Waals surface area contributed by atoms with Crippen LogP contribution in [-0.4, -0.2) is 49.6 Å². The minimum Gasteiger partial charge on any atom is -0.338 e. The largest absolute Gasteiger partial charge is 0.338 e. The first-order valence-electron chi connectivity index (χ1n) is 6.98. The smallest absolute Gasteiger partial charge is 0.222 e. The monoisotopic (exact) mass is 239 g/mol. The molecule has 0 aromatic heterocycles. The van der Waals surface area contributed by atoms with Gasteiger partial charge in [0.25, 0.3) is 0 Å². The van der Waals surface area contributed by atoms with Crippen LogP contribution in [0.4, 0.5) is 0 Å². The van der Waals surface area contributed by atoms with Gasteiger partial charge in [0.05, 0.1) is 0 Å². The Bertz CT molecular complexity index is 247. The molecule has 2 aliphatic rings. The van der Waals surface area contributed by atoms with E-state index >= 15 is 0 Å². The summed E-state index contributed by atoms with van der Waals surface area (Å²) in [5.74, 6) is 0.358. The summed E-state index contributed by atoms with van der Waals surface area (Å²) < 4.78 is 0. The van der Waals surface area contributed by atoms with Crippen LogP contribution in [0.5, 0.6) is 0 Å². The van der Waals surface area contributed by atoms with Crippen molar-refractivity contribution in [2.24, 2.45) is 0 Å². The Balaban J connectivity index is 1.76. The molecule has 4 nitrogen and oxygen atoms in total. The van der Waals surface area contributed by atoms with Gasteiger partial charge in [-0.25, -0.2) is 0 Å². The van der Waals surface area contributed by atoms with Crippen LogP contribution in [0.2, 0.25) is 0 Å². The average molecular weight is 239 g/mol. The molecule has 98 valence electrons. The Kier molecular flexibility index (Phi) is 4.80. The molecule has 0 unspecified atom stereocenters. The molecule has 2 rings (SSSR count). The molecule has 1 aliphatic heterocycles. The van der Waals surface area contributed by atoms with Crippen LogP contribution in [-0.2, 0) is 4.79 Å². The molecule has 1 heterocycles. The number of nitrogens with one attached hydrogen (secondary N) is 2. The Hall–Kier alpha value is -0.610. The van der Waals surface area contributed by atoms with Gasteiger partial charge in [0.1, 0.15) is 0 Å². The maximum atomic E-state index is 12.2. The van der Waals surface area contributed by atoms with E-state index in [2.05, 4.69) is 15.5 Å². The summed E-state index contributed by atoms with van der Waals surface area (Å²) >= 11 is 0. The standard InChI is InChI=1S/C13H25N3O/c1-14-8-3-5-13(17)16(12-6-7-12)10-11-4-2-9-15-11/h11-12,14-15H,2-10H2,1H3/t11-/m0/s1. The summed E-state index contributed by atoms with van der Waals surface area (Å²) in [6.07, 6.45) is 6.57. The summed E-state index contributed by atoms with van der Waals surface area (Å²) in [6, 6.07) is 1.10. The van der Waals surface area contributed by atoms with E-state index in [0.717, 1.165) is 26.1 Å². The van der Waals surface area contributed by atoms with Crippen molar-refractivity contribution in [2.75, 3.05) is 26.7 Å². The first-order chi connectivity index (χ1) is 8.31. The number of nitrogens with zero attached hydrogens (tertiary/aromatic N) is 1. The lowest BCUT2D eigenvalue weighted by atomic mass is 10.2. The van der Waals surface area contributed by atoms with Gasteiger partial charge < -0.3 is 15.5 Å². The third kappa shape index (κ3) is 3.96. The lowest BCUT2D eigenvalue weighted by Crippen LogP contribution is -2.42. The SMILES string of the molecule is CNCCCC(=O)N(C[C@@H]1CCCN1)C1CC1. The van der Waals surface area contributed by atoms with Crippen molar-refractivity contribution in [3.05, 3.63) is 0 Å². The van der Waals surface area contributed by atoms with Gasteiger partial charge in [-0.15, -0.1) is 0 Å². The topological polar surface area (TPSA) is 44.4 Å². The Morgan fingerprint density at radius 3 is 2.82 bits per heavy atom. The molecular weight excluding hydrogens is 214 g/mol. The van der Waals surface area contributed by atoms with Gasteiger partial charge in [-0.3, -0.25) is 4.79 Å². The number of carbonyl (C=O) groups excluding carboxylic acids is 1. The van der Waals surface area contributed by atoms with E-state index in [9.17, 15) is 4.79 Å². The van der Waals surface area contributed by atoms with E-state index in [1.54, 1.807) is 0 Å². The van der Waals surface area contributed by atoms with E-state index in [-0.39, 0.29) is 0 Å². The van der Waals surface area contributed by atoms with Crippen molar-refractivity contribution < 1.29 is 4.79 Å². The molecule has 0 bridgehead atoms. The maximum Gasteiger partial charge on any atom is 0.222 e. The number of hydrogen-bond donors (Lipinski definition) is 2. The van der Waals surface area contributed by atoms with Crippen LogP contribution in [0.25, 0.3) is 0 Å². The van der Waals surface area contributed by atoms with E-state index in [0.29, 0.717) is 24.4 Å². The number of rotatable bonds is 7. The molecular formula is C13H25N3O. The van der Waals surface area contributed by atoms with Gasteiger partial charge in [0, 0.05) is 25.0 Å². The second-order valence-corrected chi connectivity index (χ2v) is 5.28. The Morgan fingerprint density at radius 1 is 1.41 bits per heavy atom. The summed E-state index contributed by atoms with van der Waals surface area (Å²) in [6.45, 7) is 2.99. The predicted molar refractivity (Wildman–Crippen MR) is 68.9 cm³/mol. The molecule has 4 heteroatoms. The lowest BCUT2D eigenvalue weighted by Gasteiger charge is -2.26. The first-order valence-corrected chi connectivity index (χ1v) is 6.98. The normalized spacial score (nSPS) is 23.9. The molecule has 1 amide bonds. The lowest BCUT2D eigenvalue weighted by molar-refractivity contribution is -0.132. The van der Waals surface area contributed by atoms with Gasteiger partial charge in [-0.05, 0) is 52.2 Å². The highest BCUT2D eigenvalue weighted by Gasteiger charge is 2.33. The highest BCUT2D eigenvalue weighted by atomic mass is 16.2. The molecule has 2 N–H and O–H groups in total. The zero-order chi connectivity index (χ0) is 12.1. The summed E-state index contributed by atoms with van der Waals surface area (Å²) in [5, 5.41) is 6.58. The molecule has 1 saturated heterocycles. The van der Waals surface area contributed by atoms with Crippen molar-refractivity contribution in [3.8, 4) is 0 Å². The molecule has 0 aromatic carbocycles. The van der Waals surface area contributed by atoms with Crippen molar-refractivity contribution in [1.82, 2.24) is 15.5 Å². The average Bonchev–Trinajstić information content (AvgIpc) is 3.03. The van der Waals surface area contributed by atoms with Crippen molar-refractivity contribution >= 4 is 5.91 Å². The van der Waals surface area contributed by atoms with E-state index in [1.165, 1.54) is 25.7 Å². The second kappa shape index (κ2) is 6.36. The molecule has 1 aliphatic carbocycles. The van der Waals surface area contributed by atoms with Gasteiger partial charge in [0.2, 0.25) is 5.91 Å². The minimum atomic E-state index is 0.358. The molecule has 0 radical (unpaired) electrons. The number of carbonyl (C=O) groups is 1. The van der Waals surface area contributed by atoms with E-state index in [4.69, 9.17) is 0 Å². The second-order valence-electron chi connectivity index (χ2n) is 5.28. The first kappa shape index (κ1) is 12.8. The van der Waals surface area contributed by atoms with Crippen molar-refractivity contribution in [3.63, 3.8) is 0 Å². The fourth-order valence-electron chi connectivity index (χ4n) is 2.55. The molecule has 17 heavy (non-hydrogen) atoms. The fourth-order valence-corrected chi connectivity index (χ4v) is 2.55. The fraction of sp³-hybridized carbons (Fsp3) is 0.923. The predicted octanol–water partition coefficient (Wildman–Crippen LogP) is 0.729. The van der Waals surface area contributed by atoms with Gasteiger partial charge in [-0.1, -0.05) is 0 Å². The van der Waals surface area contributed by atoms with Crippen LogP contribution >= 0.6 is 0 Å². The van der Waals surface area contributed by atoms with Crippen LogP contribution in [0.3, 0.4) is 0 Å². The third-order valence-electron chi connectivity index (χ3n) is 3.70. The van der Waals surface area contributed by atoms with Crippen LogP contribution in [0.15, 0.2) is 0 Å². The highest BCUT2D eigenvalue weighted by molar-refractivity contribution is 5.76. The Labute approximate surface area is 104 Å². The summed E-state index contributed by atoms with van der Waals surface area (Å²) in [4.78, 5) is 14.3. The van der Waals surface area contributed by atoms with Gasteiger partial charge in [0.15, 0.2) is 0 Å². The number of amides is 1. The van der Waals surface area contributed by atoms with E-state index < -0.39 is 0 Å². The molecule has 1 atom stereocenters. The zero-order valence-corrected chi connectivity index (χ0v) is 10.9. The van der Waals surface area contributed by atoms with Crippen molar-refractivity contribution in [2.45, 2.75) is 50.6 Å². The maximum absolute atomic E-state index is 12.2. The van der Waals surface area contributed by atoms with Crippen molar-refractivity contribution in [1.29, 1.82) is 0 Å². The summed E-state index contributed by atoms with van der Waals surface area (Å²) in [5.41, 5.74) is 0. The van der Waals surface area contributed by atoms with E-state index in [1.807, 2.05) is 7.05 Å². The quantitative estimate of drug-likeness (QED) is 0.644. The van der Waals surface area contributed by atoms with Gasteiger partial charge >= 0.3 is 0 Å². The molecule has 0 spiro atoms. The van der Waals surface area contributed by atoms with Gasteiger partial charge in [-0.2, -0.15) is 0 Å².